The van der Waals surface area contributed by atoms with Gasteiger partial charge in [0.1, 0.15) is 0 Å². The van der Waals surface area contributed by atoms with Crippen molar-refractivity contribution in [2.75, 3.05) is 34.4 Å². The molecule has 1 saturated heterocycles. The van der Waals surface area contributed by atoms with Gasteiger partial charge in [0, 0.05) is 25.1 Å². The van der Waals surface area contributed by atoms with Crippen molar-refractivity contribution in [1.29, 1.82) is 0 Å². The van der Waals surface area contributed by atoms with E-state index in [1.54, 1.807) is 64.0 Å². The van der Waals surface area contributed by atoms with Crippen LogP contribution in [-0.2, 0) is 4.79 Å². The van der Waals surface area contributed by atoms with Crippen LogP contribution in [0.5, 0.6) is 17.2 Å². The number of benzene rings is 1. The molecule has 0 aliphatic carbocycles. The van der Waals surface area contributed by atoms with E-state index < -0.39 is 0 Å². The number of aromatic nitrogens is 2. The number of rotatable bonds is 7. The number of amides is 1. The maximum atomic E-state index is 12.7. The lowest BCUT2D eigenvalue weighted by atomic mass is 9.97. The minimum Gasteiger partial charge on any atom is -0.493 e. The summed E-state index contributed by atoms with van der Waals surface area (Å²) >= 11 is 0. The summed E-state index contributed by atoms with van der Waals surface area (Å²) in [6.07, 6.45) is 6.37. The Kier molecular flexibility index (Phi) is 6.44. The molecular formula is C23H25N3O6. The van der Waals surface area contributed by atoms with Gasteiger partial charge < -0.3 is 27.9 Å². The minimum absolute atomic E-state index is 0.0565. The van der Waals surface area contributed by atoms with Crippen LogP contribution in [0.15, 0.2) is 45.4 Å². The number of nitrogens with zero attached hydrogens (tertiary/aromatic N) is 3. The van der Waals surface area contributed by atoms with E-state index in [-0.39, 0.29) is 11.8 Å². The number of hydrogen-bond acceptors (Lipinski definition) is 8. The third-order valence-electron chi connectivity index (χ3n) is 5.43. The highest BCUT2D eigenvalue weighted by Crippen LogP contribution is 2.38. The van der Waals surface area contributed by atoms with E-state index in [0.717, 1.165) is 18.4 Å². The van der Waals surface area contributed by atoms with Gasteiger partial charge in [0.05, 0.1) is 27.6 Å². The average molecular weight is 439 g/mol. The van der Waals surface area contributed by atoms with Crippen molar-refractivity contribution < 1.29 is 27.8 Å². The summed E-state index contributed by atoms with van der Waals surface area (Å²) in [5, 5.41) is 8.22. The Bertz CT molecular complexity index is 1060. The lowest BCUT2D eigenvalue weighted by Crippen LogP contribution is -2.36. The topological polar surface area (TPSA) is 100 Å². The molecule has 3 aromatic rings. The summed E-state index contributed by atoms with van der Waals surface area (Å²) in [4.78, 5) is 14.5. The van der Waals surface area contributed by atoms with Crippen molar-refractivity contribution in [1.82, 2.24) is 15.1 Å². The van der Waals surface area contributed by atoms with E-state index in [9.17, 15) is 4.79 Å². The zero-order valence-corrected chi connectivity index (χ0v) is 18.2. The first kappa shape index (κ1) is 21.5. The quantitative estimate of drug-likeness (QED) is 0.513. The first-order valence-corrected chi connectivity index (χ1v) is 10.3. The van der Waals surface area contributed by atoms with Crippen LogP contribution < -0.4 is 14.2 Å². The Labute approximate surface area is 185 Å². The number of methoxy groups -OCH3 is 3. The number of carbonyl (C=O) groups is 1. The molecule has 9 heteroatoms. The fourth-order valence-electron chi connectivity index (χ4n) is 3.72. The molecule has 1 aliphatic heterocycles. The van der Waals surface area contributed by atoms with Gasteiger partial charge in [-0.15, -0.1) is 10.2 Å². The molecule has 0 atom stereocenters. The van der Waals surface area contributed by atoms with Crippen LogP contribution in [0.4, 0.5) is 0 Å². The number of piperidine rings is 1. The second-order valence-electron chi connectivity index (χ2n) is 7.31. The third kappa shape index (κ3) is 4.46. The van der Waals surface area contributed by atoms with Crippen molar-refractivity contribution in [2.45, 2.75) is 18.8 Å². The van der Waals surface area contributed by atoms with E-state index in [1.807, 2.05) is 4.90 Å². The predicted molar refractivity (Wildman–Crippen MR) is 116 cm³/mol. The lowest BCUT2D eigenvalue weighted by molar-refractivity contribution is -0.127. The second kappa shape index (κ2) is 9.59. The molecule has 1 aliphatic rings. The Morgan fingerprint density at radius 3 is 2.41 bits per heavy atom. The molecule has 0 bridgehead atoms. The third-order valence-corrected chi connectivity index (χ3v) is 5.43. The minimum atomic E-state index is -0.0565. The molecule has 32 heavy (non-hydrogen) atoms. The number of ether oxygens (including phenoxy) is 3. The van der Waals surface area contributed by atoms with Crippen LogP contribution >= 0.6 is 0 Å². The molecule has 3 heterocycles. The van der Waals surface area contributed by atoms with Gasteiger partial charge >= 0.3 is 0 Å². The normalized spacial score (nSPS) is 14.7. The van der Waals surface area contributed by atoms with Gasteiger partial charge in [-0.1, -0.05) is 0 Å². The summed E-state index contributed by atoms with van der Waals surface area (Å²) in [6.45, 7) is 1.23. The van der Waals surface area contributed by atoms with Gasteiger partial charge in [0.15, 0.2) is 17.3 Å². The van der Waals surface area contributed by atoms with E-state index in [1.165, 1.54) is 0 Å². The van der Waals surface area contributed by atoms with Crippen molar-refractivity contribution >= 4 is 12.0 Å². The fraction of sp³-hybridized carbons (Fsp3) is 0.348. The summed E-state index contributed by atoms with van der Waals surface area (Å²) in [5.41, 5.74) is 0.777. The first-order valence-electron chi connectivity index (χ1n) is 10.3. The Morgan fingerprint density at radius 1 is 1.09 bits per heavy atom. The maximum absolute atomic E-state index is 12.7. The predicted octanol–water partition coefficient (Wildman–Crippen LogP) is 3.77. The van der Waals surface area contributed by atoms with Crippen LogP contribution in [-0.4, -0.2) is 55.4 Å². The number of hydrogen-bond donors (Lipinski definition) is 0. The van der Waals surface area contributed by atoms with E-state index in [0.29, 0.717) is 47.9 Å². The molecule has 0 spiro atoms. The Hall–Kier alpha value is -3.75. The molecule has 0 radical (unpaired) electrons. The zero-order chi connectivity index (χ0) is 22.5. The van der Waals surface area contributed by atoms with E-state index in [2.05, 4.69) is 10.2 Å². The summed E-state index contributed by atoms with van der Waals surface area (Å²) < 4.78 is 27.1. The molecule has 168 valence electrons. The maximum Gasteiger partial charge on any atom is 0.283 e. The smallest absolute Gasteiger partial charge is 0.283 e. The Balaban J connectivity index is 1.37. The molecule has 0 saturated carbocycles. The molecule has 1 aromatic carbocycles. The zero-order valence-electron chi connectivity index (χ0n) is 18.2. The molecule has 1 fully saturated rings. The molecular weight excluding hydrogens is 414 g/mol. The van der Waals surface area contributed by atoms with E-state index >= 15 is 0 Å². The van der Waals surface area contributed by atoms with Gasteiger partial charge in [-0.2, -0.15) is 0 Å². The van der Waals surface area contributed by atoms with Crippen molar-refractivity contribution in [3.05, 3.63) is 48.1 Å². The van der Waals surface area contributed by atoms with Crippen LogP contribution in [0.1, 0.15) is 30.2 Å². The van der Waals surface area contributed by atoms with Gasteiger partial charge in [0.2, 0.25) is 17.5 Å². The largest absolute Gasteiger partial charge is 0.493 e. The van der Waals surface area contributed by atoms with E-state index in [4.69, 9.17) is 23.0 Å². The molecule has 9 nitrogen and oxygen atoms in total. The Morgan fingerprint density at radius 2 is 1.81 bits per heavy atom. The lowest BCUT2D eigenvalue weighted by Gasteiger charge is -2.29. The van der Waals surface area contributed by atoms with Crippen LogP contribution in [0.25, 0.3) is 17.7 Å². The summed E-state index contributed by atoms with van der Waals surface area (Å²) in [5.74, 6) is 3.15. The second-order valence-corrected chi connectivity index (χ2v) is 7.31. The highest BCUT2D eigenvalue weighted by molar-refractivity contribution is 5.92. The molecule has 2 aromatic heterocycles. The number of carbonyl (C=O) groups excluding carboxylic acids is 1. The van der Waals surface area contributed by atoms with Crippen LogP contribution in [0, 0.1) is 0 Å². The molecule has 0 unspecified atom stereocenters. The van der Waals surface area contributed by atoms with Gasteiger partial charge in [0.25, 0.3) is 5.89 Å². The van der Waals surface area contributed by atoms with Gasteiger partial charge in [-0.25, -0.2) is 0 Å². The van der Waals surface area contributed by atoms with Crippen LogP contribution in [0.2, 0.25) is 0 Å². The standard InChI is InChI=1S/C23H25N3O6/c1-28-18-13-15(14-19(29-2)21(18)30-3)6-7-20(27)26-10-8-16(9-11-26)22-24-25-23(32-22)17-5-4-12-31-17/h4-7,12-14,16H,8-11H2,1-3H3. The monoisotopic (exact) mass is 439 g/mol. The average Bonchev–Trinajstić information content (AvgIpc) is 3.54. The fourth-order valence-corrected chi connectivity index (χ4v) is 3.72. The highest BCUT2D eigenvalue weighted by Gasteiger charge is 2.27. The van der Waals surface area contributed by atoms with Crippen LogP contribution in [0.3, 0.4) is 0 Å². The highest BCUT2D eigenvalue weighted by atomic mass is 16.5. The number of furan rings is 1. The number of likely N-dealkylation sites (tertiary alicyclic amines) is 1. The van der Waals surface area contributed by atoms with Crippen molar-refractivity contribution in [3.8, 4) is 28.9 Å². The molecule has 0 N–H and O–H groups in total. The first-order chi connectivity index (χ1) is 15.6. The summed E-state index contributed by atoms with van der Waals surface area (Å²) in [6, 6.07) is 7.14. The molecule has 4 rings (SSSR count). The summed E-state index contributed by atoms with van der Waals surface area (Å²) in [7, 11) is 4.66. The SMILES string of the molecule is COc1cc(C=CC(=O)N2CCC(c3nnc(-c4ccco4)o3)CC2)cc(OC)c1OC. The molecule has 1 amide bonds. The van der Waals surface area contributed by atoms with Gasteiger partial charge in [-0.3, -0.25) is 4.79 Å². The van der Waals surface area contributed by atoms with Gasteiger partial charge in [-0.05, 0) is 48.7 Å². The van der Waals surface area contributed by atoms with Crippen molar-refractivity contribution in [3.63, 3.8) is 0 Å². The van der Waals surface area contributed by atoms with Crippen molar-refractivity contribution in [2.24, 2.45) is 0 Å².